The molecular formula is C18H31N. The Morgan fingerprint density at radius 1 is 1.00 bits per heavy atom. The van der Waals surface area contributed by atoms with Gasteiger partial charge in [-0.1, -0.05) is 58.0 Å². The number of hydrogen-bond donors (Lipinski definition) is 1. The highest BCUT2D eigenvalue weighted by Gasteiger charge is 2.11. The lowest BCUT2D eigenvalue weighted by molar-refractivity contribution is 0.349. The molecule has 1 N–H and O–H groups in total. The summed E-state index contributed by atoms with van der Waals surface area (Å²) in [5, 5.41) is 3.60. The normalized spacial score (nSPS) is 13.2. The van der Waals surface area contributed by atoms with E-state index in [0.717, 1.165) is 11.8 Å². The first-order valence-electron chi connectivity index (χ1n) is 7.85. The van der Waals surface area contributed by atoms with Gasteiger partial charge in [-0.15, -0.1) is 0 Å². The summed E-state index contributed by atoms with van der Waals surface area (Å²) in [6.07, 6.45) is 5.21. The fourth-order valence-corrected chi connectivity index (χ4v) is 2.61. The highest BCUT2D eigenvalue weighted by molar-refractivity contribution is 5.14. The van der Waals surface area contributed by atoms with Crippen LogP contribution in [0.4, 0.5) is 0 Å². The third-order valence-electron chi connectivity index (χ3n) is 3.54. The Hall–Kier alpha value is -0.820. The van der Waals surface area contributed by atoms with Crippen molar-refractivity contribution in [3.63, 3.8) is 0 Å². The Labute approximate surface area is 119 Å². The number of nitrogens with one attached hydrogen (secondary N) is 1. The molecule has 108 valence electrons. The van der Waals surface area contributed by atoms with Gasteiger partial charge in [-0.3, -0.25) is 0 Å². The molecule has 1 aromatic carbocycles. The lowest BCUT2D eigenvalue weighted by Gasteiger charge is -2.21. The van der Waals surface area contributed by atoms with E-state index in [9.17, 15) is 0 Å². The van der Waals surface area contributed by atoms with E-state index in [0.29, 0.717) is 6.04 Å². The van der Waals surface area contributed by atoms with Crippen molar-refractivity contribution in [2.45, 2.75) is 59.4 Å². The van der Waals surface area contributed by atoms with Gasteiger partial charge < -0.3 is 5.32 Å². The molecule has 1 heteroatoms. The second-order valence-electron chi connectivity index (χ2n) is 6.44. The van der Waals surface area contributed by atoms with Gasteiger partial charge in [-0.25, -0.2) is 0 Å². The van der Waals surface area contributed by atoms with Crippen molar-refractivity contribution in [1.82, 2.24) is 5.32 Å². The maximum Gasteiger partial charge on any atom is 0.00104 e. The van der Waals surface area contributed by atoms with Crippen molar-refractivity contribution in [1.29, 1.82) is 0 Å². The van der Waals surface area contributed by atoms with Gasteiger partial charge >= 0.3 is 0 Å². The smallest absolute Gasteiger partial charge is 0.00104 e. The van der Waals surface area contributed by atoms with Gasteiger partial charge in [0.25, 0.3) is 0 Å². The molecule has 0 fully saturated rings. The molecule has 1 rings (SSSR count). The fourth-order valence-electron chi connectivity index (χ4n) is 2.61. The summed E-state index contributed by atoms with van der Waals surface area (Å²) in [6.45, 7) is 10.3. The van der Waals surface area contributed by atoms with Crippen LogP contribution in [0.2, 0.25) is 0 Å². The lowest BCUT2D eigenvalue weighted by atomic mass is 9.91. The molecule has 0 amide bonds. The zero-order valence-electron chi connectivity index (χ0n) is 13.2. The van der Waals surface area contributed by atoms with Crippen molar-refractivity contribution >= 4 is 0 Å². The minimum atomic E-state index is 0.601. The van der Waals surface area contributed by atoms with Gasteiger partial charge in [0.2, 0.25) is 0 Å². The van der Waals surface area contributed by atoms with Crippen molar-refractivity contribution in [2.75, 3.05) is 6.54 Å². The first-order chi connectivity index (χ1) is 9.08. The summed E-state index contributed by atoms with van der Waals surface area (Å²) in [7, 11) is 0. The molecule has 0 aliphatic rings. The lowest BCUT2D eigenvalue weighted by Crippen LogP contribution is -2.29. The van der Waals surface area contributed by atoms with Crippen LogP contribution in [0.3, 0.4) is 0 Å². The van der Waals surface area contributed by atoms with E-state index in [1.54, 1.807) is 0 Å². The predicted molar refractivity (Wildman–Crippen MR) is 85.5 cm³/mol. The highest BCUT2D eigenvalue weighted by atomic mass is 14.9. The van der Waals surface area contributed by atoms with Crippen molar-refractivity contribution in [3.05, 3.63) is 35.9 Å². The molecule has 0 heterocycles. The fraction of sp³-hybridized carbons (Fsp3) is 0.667. The number of hydrogen-bond acceptors (Lipinski definition) is 1. The molecule has 1 aromatic rings. The number of rotatable bonds is 9. The zero-order chi connectivity index (χ0) is 14.1. The third-order valence-corrected chi connectivity index (χ3v) is 3.54. The molecule has 0 spiro atoms. The Bertz CT molecular complexity index is 316. The van der Waals surface area contributed by atoms with Gasteiger partial charge in [0.05, 0.1) is 0 Å². The third kappa shape index (κ3) is 8.05. The van der Waals surface area contributed by atoms with Crippen LogP contribution in [0, 0.1) is 11.8 Å². The van der Waals surface area contributed by atoms with Crippen LogP contribution >= 0.6 is 0 Å². The van der Waals surface area contributed by atoms with Gasteiger partial charge in [-0.2, -0.15) is 0 Å². The van der Waals surface area contributed by atoms with Gasteiger partial charge in [-0.05, 0) is 49.6 Å². The predicted octanol–water partition coefficient (Wildman–Crippen LogP) is 4.67. The van der Waals surface area contributed by atoms with E-state index in [1.165, 1.54) is 37.8 Å². The highest BCUT2D eigenvalue weighted by Crippen LogP contribution is 2.18. The molecule has 0 aliphatic carbocycles. The molecule has 0 aliphatic heterocycles. The molecule has 0 saturated carbocycles. The monoisotopic (exact) mass is 261 g/mol. The van der Waals surface area contributed by atoms with Crippen molar-refractivity contribution in [2.24, 2.45) is 11.8 Å². The molecule has 1 atom stereocenters. The Morgan fingerprint density at radius 3 is 2.26 bits per heavy atom. The summed E-state index contributed by atoms with van der Waals surface area (Å²) < 4.78 is 0. The topological polar surface area (TPSA) is 12.0 Å². The van der Waals surface area contributed by atoms with E-state index in [1.807, 2.05) is 0 Å². The van der Waals surface area contributed by atoms with Crippen LogP contribution in [0.15, 0.2) is 30.3 Å². The molecule has 0 aromatic heterocycles. The van der Waals surface area contributed by atoms with E-state index < -0.39 is 0 Å². The van der Waals surface area contributed by atoms with Gasteiger partial charge in [0.15, 0.2) is 0 Å². The maximum atomic E-state index is 3.60. The van der Waals surface area contributed by atoms with Crippen LogP contribution in [0.5, 0.6) is 0 Å². The average Bonchev–Trinajstić information content (AvgIpc) is 2.36. The van der Waals surface area contributed by atoms with Crippen LogP contribution in [-0.2, 0) is 6.42 Å². The maximum absolute atomic E-state index is 3.60. The first kappa shape index (κ1) is 16.2. The van der Waals surface area contributed by atoms with Crippen LogP contribution in [-0.4, -0.2) is 12.6 Å². The standard InChI is InChI=1S/C18H31N/c1-15(2)13-18(14-19-16(3)4)12-8-11-17-9-6-5-7-10-17/h5-7,9-10,15-16,18-19H,8,11-14H2,1-4H3. The minimum Gasteiger partial charge on any atom is -0.314 e. The first-order valence-corrected chi connectivity index (χ1v) is 7.85. The van der Waals surface area contributed by atoms with Crippen LogP contribution in [0.1, 0.15) is 52.5 Å². The van der Waals surface area contributed by atoms with Gasteiger partial charge in [0, 0.05) is 6.04 Å². The second-order valence-corrected chi connectivity index (χ2v) is 6.44. The molecule has 1 unspecified atom stereocenters. The summed E-state index contributed by atoms with van der Waals surface area (Å²) in [4.78, 5) is 0. The number of aryl methyl sites for hydroxylation is 1. The summed E-state index contributed by atoms with van der Waals surface area (Å²) in [5.41, 5.74) is 1.47. The molecule has 0 radical (unpaired) electrons. The van der Waals surface area contributed by atoms with Crippen LogP contribution < -0.4 is 5.32 Å². The van der Waals surface area contributed by atoms with Crippen molar-refractivity contribution < 1.29 is 0 Å². The van der Waals surface area contributed by atoms with Gasteiger partial charge in [0.1, 0.15) is 0 Å². The Balaban J connectivity index is 2.31. The van der Waals surface area contributed by atoms with E-state index in [4.69, 9.17) is 0 Å². The summed E-state index contributed by atoms with van der Waals surface area (Å²) in [6, 6.07) is 11.5. The molecule has 19 heavy (non-hydrogen) atoms. The summed E-state index contributed by atoms with van der Waals surface area (Å²) >= 11 is 0. The Kier molecular flexibility index (Phi) is 7.81. The number of benzene rings is 1. The van der Waals surface area contributed by atoms with E-state index in [-0.39, 0.29) is 0 Å². The zero-order valence-corrected chi connectivity index (χ0v) is 13.2. The second kappa shape index (κ2) is 9.14. The summed E-state index contributed by atoms with van der Waals surface area (Å²) in [5.74, 6) is 1.63. The van der Waals surface area contributed by atoms with E-state index >= 15 is 0 Å². The molecule has 0 saturated heterocycles. The van der Waals surface area contributed by atoms with Crippen molar-refractivity contribution in [3.8, 4) is 0 Å². The largest absolute Gasteiger partial charge is 0.314 e. The van der Waals surface area contributed by atoms with E-state index in [2.05, 4.69) is 63.3 Å². The molecule has 1 nitrogen and oxygen atoms in total. The Morgan fingerprint density at radius 2 is 1.68 bits per heavy atom. The average molecular weight is 261 g/mol. The SMILES string of the molecule is CC(C)CC(CCCc1ccccc1)CNC(C)C. The minimum absolute atomic E-state index is 0.601. The van der Waals surface area contributed by atoms with Crippen LogP contribution in [0.25, 0.3) is 0 Å². The molecule has 0 bridgehead atoms. The quantitative estimate of drug-likeness (QED) is 0.681. The molecular weight excluding hydrogens is 230 g/mol.